The van der Waals surface area contributed by atoms with Crippen molar-refractivity contribution < 1.29 is 9.53 Å². The molecule has 1 atom stereocenters. The summed E-state index contributed by atoms with van der Waals surface area (Å²) >= 11 is 0. The van der Waals surface area contributed by atoms with Crippen molar-refractivity contribution in [2.24, 2.45) is 0 Å². The first-order chi connectivity index (χ1) is 16.2. The van der Waals surface area contributed by atoms with Crippen LogP contribution in [0.25, 0.3) is 0 Å². The third-order valence-corrected chi connectivity index (χ3v) is 8.21. The predicted molar refractivity (Wildman–Crippen MR) is 135 cm³/mol. The smallest absolute Gasteiger partial charge is 0.310 e. The molecule has 3 aliphatic rings. The topological polar surface area (TPSA) is 58.6 Å². The average molecular weight is 463 g/mol. The lowest BCUT2D eigenvalue weighted by Crippen LogP contribution is -2.51. The lowest BCUT2D eigenvalue weighted by atomic mass is 9.73. The van der Waals surface area contributed by atoms with Gasteiger partial charge in [-0.05, 0) is 89.6 Å². The van der Waals surface area contributed by atoms with Gasteiger partial charge in [-0.3, -0.25) is 9.69 Å². The molecule has 34 heavy (non-hydrogen) atoms. The minimum Gasteiger partial charge on any atom is -0.466 e. The van der Waals surface area contributed by atoms with Crippen LogP contribution in [0.2, 0.25) is 0 Å². The van der Waals surface area contributed by atoms with E-state index in [0.717, 1.165) is 56.7 Å². The van der Waals surface area contributed by atoms with Crippen molar-refractivity contribution in [1.82, 2.24) is 14.9 Å². The number of fused-ring (bicyclic) bond motifs is 3. The van der Waals surface area contributed by atoms with Crippen LogP contribution < -0.4 is 4.90 Å². The molecule has 0 unspecified atom stereocenters. The molecular formula is C28H38N4O2. The van der Waals surface area contributed by atoms with Gasteiger partial charge >= 0.3 is 5.97 Å². The van der Waals surface area contributed by atoms with Gasteiger partial charge in [0.15, 0.2) is 0 Å². The second-order valence-electron chi connectivity index (χ2n) is 11.4. The maximum absolute atomic E-state index is 12.2. The highest BCUT2D eigenvalue weighted by atomic mass is 16.5. The van der Waals surface area contributed by atoms with Crippen molar-refractivity contribution in [2.75, 3.05) is 31.1 Å². The minimum atomic E-state index is -0.156. The van der Waals surface area contributed by atoms with Crippen molar-refractivity contribution in [3.8, 4) is 0 Å². The highest BCUT2D eigenvalue weighted by molar-refractivity contribution is 5.77. The molecule has 182 valence electrons. The molecular weight excluding hydrogens is 424 g/mol. The number of nitrogens with zero attached hydrogens (tertiary/aromatic N) is 4. The molecule has 0 bridgehead atoms. The largest absolute Gasteiger partial charge is 0.466 e. The van der Waals surface area contributed by atoms with Crippen molar-refractivity contribution in [3.63, 3.8) is 0 Å². The Bertz CT molecular complexity index is 1080. The number of anilines is 2. The fourth-order valence-electron chi connectivity index (χ4n) is 6.27. The van der Waals surface area contributed by atoms with E-state index in [-0.39, 0.29) is 16.9 Å². The third-order valence-electron chi connectivity index (χ3n) is 8.21. The summed E-state index contributed by atoms with van der Waals surface area (Å²) in [6.07, 6.45) is 6.47. The summed E-state index contributed by atoms with van der Waals surface area (Å²) < 4.78 is 5.23. The van der Waals surface area contributed by atoms with Gasteiger partial charge in [-0.15, -0.1) is 0 Å². The van der Waals surface area contributed by atoms with E-state index in [0.29, 0.717) is 18.9 Å². The highest BCUT2D eigenvalue weighted by Gasteiger charge is 2.47. The van der Waals surface area contributed by atoms with Crippen LogP contribution in [-0.4, -0.2) is 52.6 Å². The second kappa shape index (κ2) is 8.63. The number of hydrogen-bond acceptors (Lipinski definition) is 6. The van der Waals surface area contributed by atoms with Gasteiger partial charge in [-0.25, -0.2) is 9.97 Å². The number of carbonyl (C=O) groups is 1. The second-order valence-corrected chi connectivity index (χ2v) is 11.4. The quantitative estimate of drug-likeness (QED) is 0.602. The molecule has 0 radical (unpaired) electrons. The van der Waals surface area contributed by atoms with Crippen molar-refractivity contribution >= 4 is 17.5 Å². The lowest BCUT2D eigenvalue weighted by molar-refractivity contribution is -0.142. The number of hydrogen-bond donors (Lipinski definition) is 0. The number of piperidine rings is 1. The number of likely N-dealkylation sites (tertiary alicyclic amines) is 1. The van der Waals surface area contributed by atoms with E-state index in [2.05, 4.69) is 60.7 Å². The molecule has 5 rings (SSSR count). The first kappa shape index (κ1) is 23.3. The molecule has 0 saturated carbocycles. The molecule has 2 aromatic rings. The summed E-state index contributed by atoms with van der Waals surface area (Å²) in [5, 5.41) is 0. The third kappa shape index (κ3) is 4.00. The van der Waals surface area contributed by atoms with Crippen LogP contribution in [0.3, 0.4) is 0 Å². The Kier molecular flexibility index (Phi) is 5.91. The van der Waals surface area contributed by atoms with Crippen LogP contribution in [0.4, 0.5) is 11.5 Å². The van der Waals surface area contributed by atoms with E-state index in [1.165, 1.54) is 22.5 Å². The maximum Gasteiger partial charge on any atom is 0.310 e. The number of rotatable bonds is 4. The molecule has 1 saturated heterocycles. The van der Waals surface area contributed by atoms with Gasteiger partial charge in [0.25, 0.3) is 0 Å². The number of aromatic nitrogens is 2. The summed E-state index contributed by atoms with van der Waals surface area (Å²) in [5.41, 5.74) is 6.45. The summed E-state index contributed by atoms with van der Waals surface area (Å²) in [6.45, 7) is 14.6. The Hall–Kier alpha value is -2.47. The van der Waals surface area contributed by atoms with Crippen molar-refractivity contribution in [3.05, 3.63) is 46.9 Å². The summed E-state index contributed by atoms with van der Waals surface area (Å²) in [4.78, 5) is 26.7. The first-order valence-corrected chi connectivity index (χ1v) is 12.9. The molecule has 0 amide bonds. The van der Waals surface area contributed by atoms with E-state index < -0.39 is 0 Å². The Morgan fingerprint density at radius 3 is 2.68 bits per heavy atom. The predicted octanol–water partition coefficient (Wildman–Crippen LogP) is 4.92. The fraction of sp³-hybridized carbons (Fsp3) is 0.607. The normalized spacial score (nSPS) is 21.6. The Morgan fingerprint density at radius 1 is 1.21 bits per heavy atom. The number of aryl methyl sites for hydroxylation is 1. The zero-order valence-electron chi connectivity index (χ0n) is 21.4. The van der Waals surface area contributed by atoms with E-state index in [1.807, 2.05) is 6.92 Å². The Morgan fingerprint density at radius 2 is 1.97 bits per heavy atom. The molecule has 1 aromatic heterocycles. The monoisotopic (exact) mass is 462 g/mol. The molecule has 3 heterocycles. The molecule has 1 fully saturated rings. The van der Waals surface area contributed by atoms with Crippen LogP contribution in [0.5, 0.6) is 0 Å². The van der Waals surface area contributed by atoms with Gasteiger partial charge in [0, 0.05) is 34.4 Å². The summed E-state index contributed by atoms with van der Waals surface area (Å²) in [6, 6.07) is 6.59. The molecule has 0 N–H and O–H groups in total. The molecule has 1 aromatic carbocycles. The lowest BCUT2D eigenvalue weighted by Gasteiger charge is -2.45. The molecule has 2 aliphatic heterocycles. The van der Waals surface area contributed by atoms with Gasteiger partial charge in [0.05, 0.1) is 13.0 Å². The van der Waals surface area contributed by atoms with Crippen LogP contribution in [0.1, 0.15) is 82.2 Å². The van der Waals surface area contributed by atoms with Crippen LogP contribution >= 0.6 is 0 Å². The van der Waals surface area contributed by atoms with Crippen molar-refractivity contribution in [1.29, 1.82) is 0 Å². The van der Waals surface area contributed by atoms with Crippen LogP contribution in [0.15, 0.2) is 24.5 Å². The number of esters is 1. The van der Waals surface area contributed by atoms with E-state index in [9.17, 15) is 4.79 Å². The maximum atomic E-state index is 12.2. The van der Waals surface area contributed by atoms with Crippen molar-refractivity contribution in [2.45, 2.75) is 83.6 Å². The van der Waals surface area contributed by atoms with Gasteiger partial charge < -0.3 is 9.64 Å². The van der Waals surface area contributed by atoms with Gasteiger partial charge in [0.2, 0.25) is 0 Å². The number of carbonyl (C=O) groups excluding carboxylic acids is 1. The molecule has 1 spiro atoms. The van der Waals surface area contributed by atoms with Gasteiger partial charge in [-0.2, -0.15) is 0 Å². The standard InChI is InChI=1S/C28H38N4O2/c1-6-34-24(33)16-20-8-10-23-21(15-20)28(11-13-31(14-12-28)27(3,4)5)17-32(23)26-25-19(2)7-9-22(25)29-18-30-26/h8,10,15,18-19H,6-7,9,11-14,16-17H2,1-5H3/t19-/m1/s1. The van der Waals surface area contributed by atoms with E-state index in [4.69, 9.17) is 9.72 Å². The SMILES string of the molecule is CCOC(=O)Cc1ccc2c(c1)C1(CCN(C(C)(C)C)CC1)CN2c1ncnc2c1[C@H](C)CC2. The zero-order valence-corrected chi connectivity index (χ0v) is 21.4. The van der Waals surface area contributed by atoms with Crippen LogP contribution in [-0.2, 0) is 27.8 Å². The zero-order chi connectivity index (χ0) is 24.1. The highest BCUT2D eigenvalue weighted by Crippen LogP contribution is 2.52. The Labute approximate surface area is 203 Å². The summed E-state index contributed by atoms with van der Waals surface area (Å²) in [7, 11) is 0. The molecule has 1 aliphatic carbocycles. The molecule has 6 nitrogen and oxygen atoms in total. The van der Waals surface area contributed by atoms with Gasteiger partial charge in [0.1, 0.15) is 12.1 Å². The number of ether oxygens (including phenoxy) is 1. The first-order valence-electron chi connectivity index (χ1n) is 12.9. The van der Waals surface area contributed by atoms with Gasteiger partial charge in [-0.1, -0.05) is 19.1 Å². The fourth-order valence-corrected chi connectivity index (χ4v) is 6.27. The van der Waals surface area contributed by atoms with Crippen LogP contribution in [0, 0.1) is 0 Å². The van der Waals surface area contributed by atoms with E-state index >= 15 is 0 Å². The minimum absolute atomic E-state index is 0.0709. The average Bonchev–Trinajstić information content (AvgIpc) is 3.32. The van der Waals surface area contributed by atoms with E-state index in [1.54, 1.807) is 6.33 Å². The number of benzene rings is 1. The summed E-state index contributed by atoms with van der Waals surface area (Å²) in [5.74, 6) is 1.41. The molecule has 6 heteroatoms. The Balaban J connectivity index is 1.54.